The standard InChI is InChI=1S/C9H8BNO/c10-9-5-8(12)6-3-1-2-4-7(6)11-9/h1-5H,10H2,(H,11,12). The minimum atomic E-state index is 0.0850. The van der Waals surface area contributed by atoms with Gasteiger partial charge in [-0.15, -0.1) is 0 Å². The molecule has 1 aromatic carbocycles. The number of rotatable bonds is 0. The van der Waals surface area contributed by atoms with Crippen molar-refractivity contribution >= 4 is 24.3 Å². The SMILES string of the molecule is Bc1cc(=O)c2ccccc2[nH]1. The van der Waals surface area contributed by atoms with E-state index in [2.05, 4.69) is 4.98 Å². The van der Waals surface area contributed by atoms with Gasteiger partial charge in [0.25, 0.3) is 0 Å². The van der Waals surface area contributed by atoms with Gasteiger partial charge in [0.2, 0.25) is 0 Å². The molecule has 2 aromatic rings. The Kier molecular flexibility index (Phi) is 1.50. The lowest BCUT2D eigenvalue weighted by Crippen LogP contribution is -2.16. The molecule has 0 aliphatic heterocycles. The van der Waals surface area contributed by atoms with E-state index in [1.165, 1.54) is 0 Å². The smallest absolute Gasteiger partial charge is 0.188 e. The van der Waals surface area contributed by atoms with Crippen molar-refractivity contribution in [3.8, 4) is 0 Å². The monoisotopic (exact) mass is 157 g/mol. The molecule has 12 heavy (non-hydrogen) atoms. The Hall–Kier alpha value is -1.51. The van der Waals surface area contributed by atoms with Gasteiger partial charge in [-0.2, -0.15) is 0 Å². The molecule has 0 atom stereocenters. The summed E-state index contributed by atoms with van der Waals surface area (Å²) in [6.45, 7) is 0. The first kappa shape index (κ1) is 7.16. The van der Waals surface area contributed by atoms with E-state index >= 15 is 0 Å². The van der Waals surface area contributed by atoms with Crippen LogP contribution in [0.3, 0.4) is 0 Å². The molecule has 0 radical (unpaired) electrons. The predicted molar refractivity (Wildman–Crippen MR) is 52.7 cm³/mol. The fraction of sp³-hybridized carbons (Fsp3) is 0. The molecule has 2 rings (SSSR count). The topological polar surface area (TPSA) is 32.9 Å². The summed E-state index contributed by atoms with van der Waals surface area (Å²) in [5, 5.41) is 0.753. The summed E-state index contributed by atoms with van der Waals surface area (Å²) >= 11 is 0. The Morgan fingerprint density at radius 3 is 2.83 bits per heavy atom. The van der Waals surface area contributed by atoms with Crippen LogP contribution in [-0.4, -0.2) is 12.8 Å². The van der Waals surface area contributed by atoms with Crippen LogP contribution in [0.15, 0.2) is 35.1 Å². The summed E-state index contributed by atoms with van der Waals surface area (Å²) in [6.07, 6.45) is 0. The number of H-pyrrole nitrogens is 1. The molecule has 0 fully saturated rings. The van der Waals surface area contributed by atoms with Crippen molar-refractivity contribution < 1.29 is 0 Å². The Bertz CT molecular complexity index is 475. The van der Waals surface area contributed by atoms with Gasteiger partial charge in [-0.25, -0.2) is 0 Å². The van der Waals surface area contributed by atoms with Crippen LogP contribution in [0.1, 0.15) is 0 Å². The molecule has 3 heteroatoms. The average molecular weight is 157 g/mol. The molecule has 0 aliphatic rings. The summed E-state index contributed by atoms with van der Waals surface area (Å²) in [5.74, 6) is 0. The van der Waals surface area contributed by atoms with E-state index in [9.17, 15) is 4.79 Å². The van der Waals surface area contributed by atoms with Crippen LogP contribution in [0.2, 0.25) is 0 Å². The highest BCUT2D eigenvalue weighted by Crippen LogP contribution is 2.02. The highest BCUT2D eigenvalue weighted by molar-refractivity contribution is 6.31. The van der Waals surface area contributed by atoms with Crippen LogP contribution in [0.4, 0.5) is 0 Å². The number of hydrogen-bond donors (Lipinski definition) is 1. The summed E-state index contributed by atoms with van der Waals surface area (Å²) in [5.41, 5.74) is 1.89. The zero-order chi connectivity index (χ0) is 8.55. The molecular weight excluding hydrogens is 149 g/mol. The molecule has 0 unspecified atom stereocenters. The number of hydrogen-bond acceptors (Lipinski definition) is 1. The quantitative estimate of drug-likeness (QED) is 0.527. The maximum atomic E-state index is 11.4. The van der Waals surface area contributed by atoms with Gasteiger partial charge in [0.1, 0.15) is 0 Å². The van der Waals surface area contributed by atoms with Gasteiger partial charge in [0.15, 0.2) is 13.3 Å². The van der Waals surface area contributed by atoms with Gasteiger partial charge in [-0.1, -0.05) is 12.1 Å². The average Bonchev–Trinajstić information content (AvgIpc) is 2.04. The number of pyridine rings is 1. The van der Waals surface area contributed by atoms with Crippen LogP contribution in [0, 0.1) is 0 Å². The highest BCUT2D eigenvalue weighted by Gasteiger charge is 1.96. The van der Waals surface area contributed by atoms with Crippen molar-refractivity contribution in [2.24, 2.45) is 0 Å². The van der Waals surface area contributed by atoms with Gasteiger partial charge in [0.05, 0.1) is 0 Å². The van der Waals surface area contributed by atoms with Crippen molar-refractivity contribution in [3.05, 3.63) is 40.6 Å². The summed E-state index contributed by atoms with van der Waals surface area (Å²) < 4.78 is 0. The van der Waals surface area contributed by atoms with E-state index in [0.29, 0.717) is 0 Å². The molecule has 1 aromatic heterocycles. The van der Waals surface area contributed by atoms with E-state index < -0.39 is 0 Å². The lowest BCUT2D eigenvalue weighted by molar-refractivity contribution is 1.45. The second kappa shape index (κ2) is 2.52. The third-order valence-electron chi connectivity index (χ3n) is 1.87. The summed E-state index contributed by atoms with van der Waals surface area (Å²) in [7, 11) is 1.88. The van der Waals surface area contributed by atoms with Crippen LogP contribution in [-0.2, 0) is 0 Å². The zero-order valence-electron chi connectivity index (χ0n) is 6.79. The van der Waals surface area contributed by atoms with Crippen molar-refractivity contribution in [1.82, 2.24) is 4.98 Å². The number of benzene rings is 1. The molecule has 1 heterocycles. The number of para-hydroxylation sites is 1. The Morgan fingerprint density at radius 1 is 1.25 bits per heavy atom. The highest BCUT2D eigenvalue weighted by atomic mass is 16.1. The molecule has 0 spiro atoms. The van der Waals surface area contributed by atoms with E-state index in [-0.39, 0.29) is 5.43 Å². The van der Waals surface area contributed by atoms with Crippen LogP contribution in [0.25, 0.3) is 10.9 Å². The summed E-state index contributed by atoms with van der Waals surface area (Å²) in [4.78, 5) is 14.5. The maximum Gasteiger partial charge on any atom is 0.188 e. The first-order valence-corrected chi connectivity index (χ1v) is 3.86. The molecule has 0 saturated carbocycles. The summed E-state index contributed by atoms with van der Waals surface area (Å²) in [6, 6.07) is 9.13. The van der Waals surface area contributed by atoms with Gasteiger partial charge in [-0.05, 0) is 23.8 Å². The predicted octanol–water partition coefficient (Wildman–Crippen LogP) is -0.213. The van der Waals surface area contributed by atoms with Crippen LogP contribution < -0.4 is 11.0 Å². The number of fused-ring (bicyclic) bond motifs is 1. The minimum Gasteiger partial charge on any atom is -0.367 e. The fourth-order valence-corrected chi connectivity index (χ4v) is 1.33. The van der Waals surface area contributed by atoms with Gasteiger partial charge >= 0.3 is 0 Å². The van der Waals surface area contributed by atoms with Crippen LogP contribution >= 0.6 is 0 Å². The molecule has 0 bridgehead atoms. The molecule has 0 aliphatic carbocycles. The van der Waals surface area contributed by atoms with Crippen molar-refractivity contribution in [1.29, 1.82) is 0 Å². The van der Waals surface area contributed by atoms with Crippen molar-refractivity contribution in [2.75, 3.05) is 0 Å². The number of nitrogens with one attached hydrogen (secondary N) is 1. The van der Waals surface area contributed by atoms with E-state index in [0.717, 1.165) is 16.5 Å². The minimum absolute atomic E-state index is 0.0850. The van der Waals surface area contributed by atoms with Gasteiger partial charge in [-0.3, -0.25) is 4.79 Å². The Morgan fingerprint density at radius 2 is 2.00 bits per heavy atom. The van der Waals surface area contributed by atoms with Gasteiger partial charge in [0, 0.05) is 10.9 Å². The second-order valence-corrected chi connectivity index (χ2v) is 2.86. The van der Waals surface area contributed by atoms with Crippen molar-refractivity contribution in [3.63, 3.8) is 0 Å². The largest absolute Gasteiger partial charge is 0.367 e. The third kappa shape index (κ3) is 1.03. The van der Waals surface area contributed by atoms with E-state index in [4.69, 9.17) is 0 Å². The molecular formula is C9H8BNO. The van der Waals surface area contributed by atoms with E-state index in [1.54, 1.807) is 6.07 Å². The fourth-order valence-electron chi connectivity index (χ4n) is 1.33. The lowest BCUT2D eigenvalue weighted by atomic mass is 10.0. The molecule has 0 saturated heterocycles. The maximum absolute atomic E-state index is 11.4. The molecule has 2 nitrogen and oxygen atoms in total. The lowest BCUT2D eigenvalue weighted by Gasteiger charge is -1.97. The Labute approximate surface area is 70.6 Å². The zero-order valence-corrected chi connectivity index (χ0v) is 6.79. The van der Waals surface area contributed by atoms with Crippen LogP contribution in [0.5, 0.6) is 0 Å². The molecule has 58 valence electrons. The molecule has 0 amide bonds. The first-order valence-electron chi connectivity index (χ1n) is 3.86. The first-order chi connectivity index (χ1) is 5.77. The normalized spacial score (nSPS) is 10.3. The Balaban J connectivity index is 2.99. The number of aromatic nitrogens is 1. The van der Waals surface area contributed by atoms with Crippen molar-refractivity contribution in [2.45, 2.75) is 0 Å². The van der Waals surface area contributed by atoms with Gasteiger partial charge < -0.3 is 4.98 Å². The van der Waals surface area contributed by atoms with E-state index in [1.807, 2.05) is 32.1 Å². The number of aromatic amines is 1. The molecule has 1 N–H and O–H groups in total. The second-order valence-electron chi connectivity index (χ2n) is 2.86. The third-order valence-corrected chi connectivity index (χ3v) is 1.87.